The molecule has 0 amide bonds. The first-order valence-corrected chi connectivity index (χ1v) is 7.72. The van der Waals surface area contributed by atoms with Crippen LogP contribution in [0.3, 0.4) is 0 Å². The summed E-state index contributed by atoms with van der Waals surface area (Å²) in [5.41, 5.74) is 2.83. The van der Waals surface area contributed by atoms with Crippen LogP contribution in [0.5, 0.6) is 0 Å². The molecule has 3 nitrogen and oxygen atoms in total. The number of rotatable bonds is 8. The molecule has 0 radical (unpaired) electrons. The molecule has 2 aromatic rings. The van der Waals surface area contributed by atoms with E-state index in [-0.39, 0.29) is 0 Å². The summed E-state index contributed by atoms with van der Waals surface area (Å²) in [5, 5.41) is 12.3. The van der Waals surface area contributed by atoms with Crippen LogP contribution in [0.15, 0.2) is 54.6 Å². The zero-order chi connectivity index (χ0) is 15.8. The zero-order valence-corrected chi connectivity index (χ0v) is 13.0. The molecule has 0 aliphatic rings. The lowest BCUT2D eigenvalue weighted by molar-refractivity contribution is 0.0697. The smallest absolute Gasteiger partial charge is 0.335 e. The first-order valence-electron chi connectivity index (χ1n) is 7.72. The van der Waals surface area contributed by atoms with E-state index in [2.05, 4.69) is 36.5 Å². The fourth-order valence-electron chi connectivity index (χ4n) is 2.39. The molecular weight excluding hydrogens is 274 g/mol. The summed E-state index contributed by atoms with van der Waals surface area (Å²) in [6.45, 7) is 3.99. The molecule has 0 spiro atoms. The predicted octanol–water partition coefficient (Wildman–Crippen LogP) is 3.74. The summed E-state index contributed by atoms with van der Waals surface area (Å²) in [7, 11) is 0. The second-order valence-electron chi connectivity index (χ2n) is 5.76. The Hall–Kier alpha value is -2.13. The predicted molar refractivity (Wildman–Crippen MR) is 89.0 cm³/mol. The van der Waals surface area contributed by atoms with Crippen LogP contribution in [0.4, 0.5) is 0 Å². The number of benzene rings is 2. The molecule has 1 atom stereocenters. The van der Waals surface area contributed by atoms with Gasteiger partial charge in [-0.3, -0.25) is 0 Å². The molecule has 0 fully saturated rings. The molecule has 0 aliphatic carbocycles. The highest BCUT2D eigenvalue weighted by molar-refractivity contribution is 5.87. The van der Waals surface area contributed by atoms with Crippen LogP contribution in [-0.2, 0) is 13.0 Å². The molecule has 0 saturated heterocycles. The Balaban J connectivity index is 1.68. The molecule has 116 valence electrons. The van der Waals surface area contributed by atoms with Crippen molar-refractivity contribution in [3.05, 3.63) is 71.3 Å². The molecule has 0 bridgehead atoms. The lowest BCUT2D eigenvalue weighted by Gasteiger charge is -2.13. The molecule has 0 aliphatic heterocycles. The van der Waals surface area contributed by atoms with E-state index in [0.717, 1.165) is 31.5 Å². The van der Waals surface area contributed by atoms with Gasteiger partial charge in [-0.05, 0) is 48.6 Å². The third-order valence-corrected chi connectivity index (χ3v) is 3.79. The Labute approximate surface area is 132 Å². The minimum atomic E-state index is -0.881. The van der Waals surface area contributed by atoms with E-state index in [1.165, 1.54) is 5.56 Å². The largest absolute Gasteiger partial charge is 0.478 e. The summed E-state index contributed by atoms with van der Waals surface area (Å²) in [6, 6.07) is 17.6. The number of carbonyl (C=O) groups is 1. The fraction of sp³-hybridized carbons (Fsp3) is 0.316. The van der Waals surface area contributed by atoms with E-state index in [9.17, 15) is 4.79 Å². The van der Waals surface area contributed by atoms with Crippen LogP contribution in [0, 0.1) is 5.92 Å². The molecule has 2 N–H and O–H groups in total. The summed E-state index contributed by atoms with van der Waals surface area (Å²) >= 11 is 0. The van der Waals surface area contributed by atoms with Crippen molar-refractivity contribution >= 4 is 5.97 Å². The van der Waals surface area contributed by atoms with Crippen molar-refractivity contribution < 1.29 is 9.90 Å². The Kier molecular flexibility index (Phi) is 6.16. The molecule has 1 unspecified atom stereocenters. The number of hydrogen-bond acceptors (Lipinski definition) is 2. The minimum absolute atomic E-state index is 0.333. The van der Waals surface area contributed by atoms with Gasteiger partial charge in [-0.15, -0.1) is 0 Å². The Bertz CT molecular complexity index is 578. The van der Waals surface area contributed by atoms with Crippen LogP contribution in [0.1, 0.15) is 34.8 Å². The topological polar surface area (TPSA) is 49.3 Å². The first-order chi connectivity index (χ1) is 10.6. The van der Waals surface area contributed by atoms with Crippen LogP contribution in [-0.4, -0.2) is 17.6 Å². The van der Waals surface area contributed by atoms with Gasteiger partial charge in [0.2, 0.25) is 0 Å². The van der Waals surface area contributed by atoms with Gasteiger partial charge in [0.15, 0.2) is 0 Å². The average molecular weight is 297 g/mol. The fourth-order valence-corrected chi connectivity index (χ4v) is 2.39. The van der Waals surface area contributed by atoms with E-state index >= 15 is 0 Å². The monoisotopic (exact) mass is 297 g/mol. The van der Waals surface area contributed by atoms with Crippen LogP contribution in [0.25, 0.3) is 0 Å². The first kappa shape index (κ1) is 16.2. The number of aryl methyl sites for hydroxylation is 1. The Morgan fingerprint density at radius 3 is 2.36 bits per heavy atom. The quantitative estimate of drug-likeness (QED) is 0.780. The minimum Gasteiger partial charge on any atom is -0.478 e. The third kappa shape index (κ3) is 5.34. The van der Waals surface area contributed by atoms with Gasteiger partial charge in [-0.2, -0.15) is 0 Å². The summed E-state index contributed by atoms with van der Waals surface area (Å²) in [4.78, 5) is 10.8. The second kappa shape index (κ2) is 8.35. The molecular formula is C19H23NO2. The van der Waals surface area contributed by atoms with E-state index in [1.807, 2.05) is 18.2 Å². The van der Waals surface area contributed by atoms with Crippen molar-refractivity contribution in [2.45, 2.75) is 26.3 Å². The standard InChI is InChI=1S/C19H23NO2/c1-15(7-8-16-5-3-2-4-6-16)13-20-14-17-9-11-18(12-10-17)19(21)22/h2-6,9-12,15,20H,7-8,13-14H2,1H3,(H,21,22). The second-order valence-corrected chi connectivity index (χ2v) is 5.76. The SMILES string of the molecule is CC(CCc1ccccc1)CNCc1ccc(C(=O)O)cc1. The maximum Gasteiger partial charge on any atom is 0.335 e. The lowest BCUT2D eigenvalue weighted by Crippen LogP contribution is -2.21. The Morgan fingerprint density at radius 1 is 1.05 bits per heavy atom. The lowest BCUT2D eigenvalue weighted by atomic mass is 10.0. The summed E-state index contributed by atoms with van der Waals surface area (Å²) in [5.74, 6) is -0.271. The van der Waals surface area contributed by atoms with Crippen LogP contribution < -0.4 is 5.32 Å². The van der Waals surface area contributed by atoms with E-state index in [0.29, 0.717) is 11.5 Å². The number of nitrogens with one attached hydrogen (secondary N) is 1. The number of carboxylic acids is 1. The normalized spacial score (nSPS) is 12.0. The van der Waals surface area contributed by atoms with Gasteiger partial charge in [0, 0.05) is 6.54 Å². The van der Waals surface area contributed by atoms with Crippen LogP contribution in [0.2, 0.25) is 0 Å². The maximum atomic E-state index is 10.8. The van der Waals surface area contributed by atoms with Gasteiger partial charge in [0.05, 0.1) is 5.56 Å². The van der Waals surface area contributed by atoms with Crippen molar-refractivity contribution in [2.24, 2.45) is 5.92 Å². The van der Waals surface area contributed by atoms with Gasteiger partial charge in [0.25, 0.3) is 0 Å². The van der Waals surface area contributed by atoms with E-state index < -0.39 is 5.97 Å². The molecule has 0 aromatic heterocycles. The number of aromatic carboxylic acids is 1. The van der Waals surface area contributed by atoms with Crippen molar-refractivity contribution in [1.29, 1.82) is 0 Å². The third-order valence-electron chi connectivity index (χ3n) is 3.79. The highest BCUT2D eigenvalue weighted by atomic mass is 16.4. The van der Waals surface area contributed by atoms with Crippen molar-refractivity contribution in [2.75, 3.05) is 6.54 Å². The molecule has 0 heterocycles. The highest BCUT2D eigenvalue weighted by Crippen LogP contribution is 2.09. The van der Waals surface area contributed by atoms with Gasteiger partial charge in [0.1, 0.15) is 0 Å². The van der Waals surface area contributed by atoms with Crippen molar-refractivity contribution in [3.8, 4) is 0 Å². The maximum absolute atomic E-state index is 10.8. The van der Waals surface area contributed by atoms with Crippen molar-refractivity contribution in [1.82, 2.24) is 5.32 Å². The number of carboxylic acid groups (broad SMARTS) is 1. The Morgan fingerprint density at radius 2 is 1.73 bits per heavy atom. The number of hydrogen-bond donors (Lipinski definition) is 2. The highest BCUT2D eigenvalue weighted by Gasteiger charge is 2.04. The van der Waals surface area contributed by atoms with Crippen molar-refractivity contribution in [3.63, 3.8) is 0 Å². The summed E-state index contributed by atoms with van der Waals surface area (Å²) < 4.78 is 0. The zero-order valence-electron chi connectivity index (χ0n) is 13.0. The van der Waals surface area contributed by atoms with Gasteiger partial charge >= 0.3 is 5.97 Å². The van der Waals surface area contributed by atoms with Gasteiger partial charge in [-0.25, -0.2) is 4.79 Å². The molecule has 2 aromatic carbocycles. The average Bonchev–Trinajstić information content (AvgIpc) is 2.54. The van der Waals surface area contributed by atoms with Crippen LogP contribution >= 0.6 is 0 Å². The van der Waals surface area contributed by atoms with Gasteiger partial charge in [-0.1, -0.05) is 49.4 Å². The molecule has 3 heteroatoms. The van der Waals surface area contributed by atoms with Gasteiger partial charge < -0.3 is 10.4 Å². The molecule has 0 saturated carbocycles. The van der Waals surface area contributed by atoms with E-state index in [4.69, 9.17) is 5.11 Å². The summed E-state index contributed by atoms with van der Waals surface area (Å²) in [6.07, 6.45) is 2.27. The molecule has 2 rings (SSSR count). The van der Waals surface area contributed by atoms with E-state index in [1.54, 1.807) is 12.1 Å². The molecule has 22 heavy (non-hydrogen) atoms.